The van der Waals surface area contributed by atoms with Gasteiger partial charge in [0.15, 0.2) is 23.3 Å². The molecule has 6 heteroatoms. The number of hydrogen-bond donors (Lipinski definition) is 1. The van der Waals surface area contributed by atoms with Gasteiger partial charge in [-0.05, 0) is 36.2 Å². The fourth-order valence-electron chi connectivity index (χ4n) is 1.72. The molecule has 0 unspecified atom stereocenters. The van der Waals surface area contributed by atoms with E-state index in [1.807, 2.05) is 0 Å². The maximum atomic E-state index is 13.7. The highest BCUT2D eigenvalue weighted by Gasteiger charge is 2.13. The molecule has 1 nitrogen and oxygen atoms in total. The Morgan fingerprint density at radius 2 is 1.45 bits per heavy atom. The number of halogens is 5. The van der Waals surface area contributed by atoms with Gasteiger partial charge in [0, 0.05) is 6.54 Å². The van der Waals surface area contributed by atoms with E-state index in [2.05, 4.69) is 5.32 Å². The molecule has 0 fully saturated rings. The van der Waals surface area contributed by atoms with E-state index in [0.29, 0.717) is 0 Å². The molecule has 0 radical (unpaired) electrons. The Bertz CT molecular complexity index is 631. The molecule has 0 amide bonds. The van der Waals surface area contributed by atoms with E-state index >= 15 is 0 Å². The lowest BCUT2D eigenvalue weighted by molar-refractivity contribution is 0.445. The van der Waals surface area contributed by atoms with Crippen LogP contribution >= 0.6 is 0 Å². The van der Waals surface area contributed by atoms with Crippen LogP contribution in [-0.4, -0.2) is 0 Å². The maximum Gasteiger partial charge on any atom is 0.194 e. The number of hydrogen-bond acceptors (Lipinski definition) is 1. The average molecular weight is 287 g/mol. The van der Waals surface area contributed by atoms with Crippen molar-refractivity contribution in [3.05, 3.63) is 64.5 Å². The van der Waals surface area contributed by atoms with Gasteiger partial charge < -0.3 is 5.32 Å². The molecule has 0 atom stereocenters. The molecular formula is C14H10F5N. The lowest BCUT2D eigenvalue weighted by atomic mass is 10.1. The van der Waals surface area contributed by atoms with Gasteiger partial charge in [0.05, 0.1) is 0 Å². The number of benzene rings is 2. The minimum absolute atomic E-state index is 0.0294. The summed E-state index contributed by atoms with van der Waals surface area (Å²) in [4.78, 5) is 0. The Labute approximate surface area is 112 Å². The fourth-order valence-corrected chi connectivity index (χ4v) is 1.72. The number of aryl methyl sites for hydroxylation is 1. The van der Waals surface area contributed by atoms with Crippen LogP contribution in [0.15, 0.2) is 24.3 Å². The molecule has 2 rings (SSSR count). The molecule has 0 saturated heterocycles. The zero-order chi connectivity index (χ0) is 14.9. The van der Waals surface area contributed by atoms with Crippen LogP contribution in [0.4, 0.5) is 27.6 Å². The fraction of sp³-hybridized carbons (Fsp3) is 0.143. The van der Waals surface area contributed by atoms with Crippen molar-refractivity contribution in [2.24, 2.45) is 0 Å². The predicted molar refractivity (Wildman–Crippen MR) is 64.7 cm³/mol. The van der Waals surface area contributed by atoms with Crippen molar-refractivity contribution in [2.75, 3.05) is 5.32 Å². The zero-order valence-electron chi connectivity index (χ0n) is 10.4. The standard InChI is InChI=1S/C14H10F5N/c1-7-2-3-9(15)14(12(7)18)20-6-8-4-10(16)13(19)11(17)5-8/h2-5,20H,6H2,1H3. The summed E-state index contributed by atoms with van der Waals surface area (Å²) < 4.78 is 65.9. The quantitative estimate of drug-likeness (QED) is 0.655. The molecule has 20 heavy (non-hydrogen) atoms. The molecule has 0 bridgehead atoms. The third-order valence-electron chi connectivity index (χ3n) is 2.80. The monoisotopic (exact) mass is 287 g/mol. The molecule has 0 saturated carbocycles. The number of rotatable bonds is 3. The van der Waals surface area contributed by atoms with Crippen molar-refractivity contribution in [2.45, 2.75) is 13.5 Å². The van der Waals surface area contributed by atoms with Gasteiger partial charge in [-0.15, -0.1) is 0 Å². The van der Waals surface area contributed by atoms with Crippen LogP contribution in [-0.2, 0) is 6.54 Å². The van der Waals surface area contributed by atoms with Gasteiger partial charge >= 0.3 is 0 Å². The Morgan fingerprint density at radius 1 is 0.850 bits per heavy atom. The summed E-state index contributed by atoms with van der Waals surface area (Å²) in [5.74, 6) is -5.90. The molecule has 2 aromatic rings. The molecule has 0 aliphatic carbocycles. The highest BCUT2D eigenvalue weighted by Crippen LogP contribution is 2.23. The summed E-state index contributed by atoms with van der Waals surface area (Å²) in [6, 6.07) is 3.87. The summed E-state index contributed by atoms with van der Waals surface area (Å²) in [6.07, 6.45) is 0. The second-order valence-corrected chi connectivity index (χ2v) is 4.28. The van der Waals surface area contributed by atoms with Crippen molar-refractivity contribution in [1.82, 2.24) is 0 Å². The van der Waals surface area contributed by atoms with Crippen LogP contribution < -0.4 is 5.32 Å². The SMILES string of the molecule is Cc1ccc(F)c(NCc2cc(F)c(F)c(F)c2)c1F. The highest BCUT2D eigenvalue weighted by molar-refractivity contribution is 5.49. The third-order valence-corrected chi connectivity index (χ3v) is 2.80. The van der Waals surface area contributed by atoms with Gasteiger partial charge in [0.25, 0.3) is 0 Å². The molecule has 0 aliphatic heterocycles. The van der Waals surface area contributed by atoms with Crippen LogP contribution in [0.3, 0.4) is 0 Å². The molecule has 0 aliphatic rings. The first kappa shape index (κ1) is 14.3. The number of anilines is 1. The summed E-state index contributed by atoms with van der Waals surface area (Å²) in [6.45, 7) is 1.21. The van der Waals surface area contributed by atoms with Crippen molar-refractivity contribution in [1.29, 1.82) is 0 Å². The average Bonchev–Trinajstić information content (AvgIpc) is 2.40. The van der Waals surface area contributed by atoms with Gasteiger partial charge in [-0.1, -0.05) is 6.07 Å². The van der Waals surface area contributed by atoms with Crippen molar-refractivity contribution < 1.29 is 22.0 Å². The van der Waals surface area contributed by atoms with Crippen LogP contribution in [0.2, 0.25) is 0 Å². The van der Waals surface area contributed by atoms with E-state index in [1.54, 1.807) is 0 Å². The second kappa shape index (κ2) is 5.48. The topological polar surface area (TPSA) is 12.0 Å². The van der Waals surface area contributed by atoms with Gasteiger partial charge in [0.1, 0.15) is 11.5 Å². The summed E-state index contributed by atoms with van der Waals surface area (Å²) in [7, 11) is 0. The first-order valence-corrected chi connectivity index (χ1v) is 5.72. The van der Waals surface area contributed by atoms with Crippen molar-refractivity contribution >= 4 is 5.69 Å². The minimum atomic E-state index is -1.58. The van der Waals surface area contributed by atoms with E-state index in [-0.39, 0.29) is 17.7 Å². The van der Waals surface area contributed by atoms with Gasteiger partial charge in [-0.2, -0.15) is 0 Å². The van der Waals surface area contributed by atoms with Gasteiger partial charge in [0.2, 0.25) is 0 Å². The Morgan fingerprint density at radius 3 is 2.05 bits per heavy atom. The summed E-state index contributed by atoms with van der Waals surface area (Å²) >= 11 is 0. The predicted octanol–water partition coefficient (Wildman–Crippen LogP) is 4.30. The highest BCUT2D eigenvalue weighted by atomic mass is 19.2. The van der Waals surface area contributed by atoms with E-state index in [0.717, 1.165) is 18.2 Å². The summed E-state index contributed by atoms with van der Waals surface area (Å²) in [5, 5.41) is 2.41. The van der Waals surface area contributed by atoms with Crippen LogP contribution in [0.25, 0.3) is 0 Å². The largest absolute Gasteiger partial charge is 0.376 e. The molecule has 1 N–H and O–H groups in total. The Kier molecular flexibility index (Phi) is 3.92. The maximum absolute atomic E-state index is 13.7. The minimum Gasteiger partial charge on any atom is -0.376 e. The van der Waals surface area contributed by atoms with Crippen LogP contribution in [0, 0.1) is 36.0 Å². The summed E-state index contributed by atoms with van der Waals surface area (Å²) in [5.41, 5.74) is -0.137. The first-order chi connectivity index (χ1) is 9.40. The lowest BCUT2D eigenvalue weighted by Crippen LogP contribution is -2.06. The van der Waals surface area contributed by atoms with E-state index in [1.165, 1.54) is 13.0 Å². The lowest BCUT2D eigenvalue weighted by Gasteiger charge is -2.11. The van der Waals surface area contributed by atoms with Crippen LogP contribution in [0.5, 0.6) is 0 Å². The smallest absolute Gasteiger partial charge is 0.194 e. The molecule has 106 valence electrons. The van der Waals surface area contributed by atoms with Crippen LogP contribution in [0.1, 0.15) is 11.1 Å². The Hall–Kier alpha value is -2.11. The van der Waals surface area contributed by atoms with E-state index in [4.69, 9.17) is 0 Å². The van der Waals surface area contributed by atoms with Crippen molar-refractivity contribution in [3.63, 3.8) is 0 Å². The molecule has 2 aromatic carbocycles. The third kappa shape index (κ3) is 2.74. The van der Waals surface area contributed by atoms with Crippen molar-refractivity contribution in [3.8, 4) is 0 Å². The molecule has 0 heterocycles. The van der Waals surface area contributed by atoms with E-state index < -0.39 is 34.8 Å². The molecule has 0 spiro atoms. The second-order valence-electron chi connectivity index (χ2n) is 4.28. The molecule has 0 aromatic heterocycles. The zero-order valence-corrected chi connectivity index (χ0v) is 10.4. The normalized spacial score (nSPS) is 10.7. The van der Waals surface area contributed by atoms with Gasteiger partial charge in [-0.3, -0.25) is 0 Å². The number of nitrogens with one attached hydrogen (secondary N) is 1. The van der Waals surface area contributed by atoms with Gasteiger partial charge in [-0.25, -0.2) is 22.0 Å². The Balaban J connectivity index is 2.24. The molecular weight excluding hydrogens is 277 g/mol. The first-order valence-electron chi connectivity index (χ1n) is 5.72. The van der Waals surface area contributed by atoms with E-state index in [9.17, 15) is 22.0 Å².